The van der Waals surface area contributed by atoms with Crippen LogP contribution in [0.5, 0.6) is 11.5 Å². The molecule has 0 radical (unpaired) electrons. The fourth-order valence-corrected chi connectivity index (χ4v) is 2.19. The van der Waals surface area contributed by atoms with Crippen molar-refractivity contribution in [1.29, 1.82) is 0 Å². The van der Waals surface area contributed by atoms with E-state index in [0.717, 1.165) is 17.1 Å². The molecule has 0 amide bonds. The molecule has 0 saturated heterocycles. The maximum Gasteiger partial charge on any atom is 0.319 e. The van der Waals surface area contributed by atoms with E-state index in [9.17, 15) is 4.79 Å². The predicted octanol–water partition coefficient (Wildman–Crippen LogP) is 1.94. The standard InChI is InChI=1S/C12H13BrO4/c1-15-12(14)9(13)6-8-2-3-10-11(7-8)17-5-4-16-10/h2-3,7,9H,4-6H2,1H3. The molecule has 1 heterocycles. The van der Waals surface area contributed by atoms with E-state index in [1.54, 1.807) is 0 Å². The van der Waals surface area contributed by atoms with Crippen molar-refractivity contribution in [3.05, 3.63) is 23.8 Å². The van der Waals surface area contributed by atoms with Crippen LogP contribution in [0.25, 0.3) is 0 Å². The fraction of sp³-hybridized carbons (Fsp3) is 0.417. The molecule has 4 nitrogen and oxygen atoms in total. The maximum atomic E-state index is 11.3. The molecule has 92 valence electrons. The van der Waals surface area contributed by atoms with E-state index < -0.39 is 0 Å². The molecule has 1 aliphatic rings. The van der Waals surface area contributed by atoms with Crippen molar-refractivity contribution in [2.45, 2.75) is 11.2 Å². The zero-order chi connectivity index (χ0) is 12.3. The lowest BCUT2D eigenvalue weighted by molar-refractivity contribution is -0.139. The molecule has 0 aromatic heterocycles. The van der Waals surface area contributed by atoms with Gasteiger partial charge < -0.3 is 14.2 Å². The number of carbonyl (C=O) groups excluding carboxylic acids is 1. The molecule has 5 heteroatoms. The molecule has 0 spiro atoms. The van der Waals surface area contributed by atoms with E-state index >= 15 is 0 Å². The van der Waals surface area contributed by atoms with Gasteiger partial charge in [-0.05, 0) is 24.1 Å². The SMILES string of the molecule is COC(=O)C(Br)Cc1ccc2c(c1)OCCO2. The summed E-state index contributed by atoms with van der Waals surface area (Å²) in [5, 5.41) is 0. The summed E-state index contributed by atoms with van der Waals surface area (Å²) in [7, 11) is 1.38. The van der Waals surface area contributed by atoms with Gasteiger partial charge in [-0.3, -0.25) is 4.79 Å². The quantitative estimate of drug-likeness (QED) is 0.632. The van der Waals surface area contributed by atoms with Crippen LogP contribution in [-0.2, 0) is 16.0 Å². The summed E-state index contributed by atoms with van der Waals surface area (Å²) in [6.45, 7) is 1.14. The third-order valence-corrected chi connectivity index (χ3v) is 3.18. The molecular weight excluding hydrogens is 288 g/mol. The van der Waals surface area contributed by atoms with Crippen molar-refractivity contribution in [1.82, 2.24) is 0 Å². The Balaban J connectivity index is 2.09. The minimum absolute atomic E-state index is 0.278. The highest BCUT2D eigenvalue weighted by Gasteiger charge is 2.18. The molecule has 0 fully saturated rings. The first-order chi connectivity index (χ1) is 8.20. The van der Waals surface area contributed by atoms with Crippen LogP contribution in [0.15, 0.2) is 18.2 Å². The highest BCUT2D eigenvalue weighted by atomic mass is 79.9. The van der Waals surface area contributed by atoms with Gasteiger partial charge in [0.2, 0.25) is 0 Å². The highest BCUT2D eigenvalue weighted by Crippen LogP contribution is 2.31. The lowest BCUT2D eigenvalue weighted by Gasteiger charge is -2.19. The average Bonchev–Trinajstić information content (AvgIpc) is 2.37. The van der Waals surface area contributed by atoms with Crippen LogP contribution in [-0.4, -0.2) is 31.1 Å². The number of alkyl halides is 1. The lowest BCUT2D eigenvalue weighted by Crippen LogP contribution is -2.19. The minimum atomic E-state index is -0.338. The summed E-state index contributed by atoms with van der Waals surface area (Å²) in [5.41, 5.74) is 1.00. The number of hydrogen-bond acceptors (Lipinski definition) is 4. The third kappa shape index (κ3) is 2.91. The minimum Gasteiger partial charge on any atom is -0.486 e. The number of esters is 1. The van der Waals surface area contributed by atoms with E-state index in [1.807, 2.05) is 18.2 Å². The van der Waals surface area contributed by atoms with Gasteiger partial charge >= 0.3 is 5.97 Å². The van der Waals surface area contributed by atoms with E-state index in [4.69, 9.17) is 9.47 Å². The highest BCUT2D eigenvalue weighted by molar-refractivity contribution is 9.10. The predicted molar refractivity (Wildman–Crippen MR) is 65.9 cm³/mol. The first-order valence-corrected chi connectivity index (χ1v) is 6.22. The molecule has 0 saturated carbocycles. The maximum absolute atomic E-state index is 11.3. The normalized spacial score (nSPS) is 15.2. The van der Waals surface area contributed by atoms with Crippen LogP contribution in [0.2, 0.25) is 0 Å². The fourth-order valence-electron chi connectivity index (χ4n) is 1.63. The Morgan fingerprint density at radius 2 is 2.12 bits per heavy atom. The van der Waals surface area contributed by atoms with Gasteiger partial charge in [0.1, 0.15) is 18.0 Å². The molecule has 1 unspecified atom stereocenters. The van der Waals surface area contributed by atoms with Crippen molar-refractivity contribution in [3.63, 3.8) is 0 Å². The summed E-state index contributed by atoms with van der Waals surface area (Å²) in [5.74, 6) is 1.21. The Bertz CT molecular complexity index is 419. The van der Waals surface area contributed by atoms with Crippen LogP contribution < -0.4 is 9.47 Å². The second-order valence-electron chi connectivity index (χ2n) is 3.67. The van der Waals surface area contributed by atoms with Crippen molar-refractivity contribution in [2.75, 3.05) is 20.3 Å². The Labute approximate surface area is 108 Å². The number of methoxy groups -OCH3 is 1. The van der Waals surface area contributed by atoms with Crippen LogP contribution in [0.3, 0.4) is 0 Å². The van der Waals surface area contributed by atoms with Gasteiger partial charge in [0.15, 0.2) is 11.5 Å². The summed E-state index contributed by atoms with van der Waals surface area (Å²) in [6, 6.07) is 5.68. The van der Waals surface area contributed by atoms with Gasteiger partial charge in [-0.15, -0.1) is 0 Å². The number of fused-ring (bicyclic) bond motifs is 1. The summed E-state index contributed by atoms with van der Waals surface area (Å²) in [4.78, 5) is 10.9. The molecule has 1 aliphatic heterocycles. The van der Waals surface area contributed by atoms with Gasteiger partial charge in [-0.2, -0.15) is 0 Å². The topological polar surface area (TPSA) is 44.8 Å². The number of hydrogen-bond donors (Lipinski definition) is 0. The Hall–Kier alpha value is -1.23. The van der Waals surface area contributed by atoms with Crippen LogP contribution in [0, 0.1) is 0 Å². The molecule has 0 N–H and O–H groups in total. The van der Waals surface area contributed by atoms with Crippen molar-refractivity contribution < 1.29 is 19.0 Å². The Morgan fingerprint density at radius 1 is 1.41 bits per heavy atom. The van der Waals surface area contributed by atoms with Gasteiger partial charge in [-0.25, -0.2) is 0 Å². The second kappa shape index (κ2) is 5.40. The summed E-state index contributed by atoms with van der Waals surface area (Å²) < 4.78 is 15.6. The van der Waals surface area contributed by atoms with Crippen molar-refractivity contribution in [3.8, 4) is 11.5 Å². The molecule has 1 aromatic carbocycles. The largest absolute Gasteiger partial charge is 0.486 e. The number of carbonyl (C=O) groups is 1. The summed E-state index contributed by atoms with van der Waals surface area (Å²) in [6.07, 6.45) is 0.559. The number of rotatable bonds is 3. The zero-order valence-electron chi connectivity index (χ0n) is 9.44. The van der Waals surface area contributed by atoms with Crippen LogP contribution in [0.4, 0.5) is 0 Å². The Morgan fingerprint density at radius 3 is 2.82 bits per heavy atom. The van der Waals surface area contributed by atoms with E-state index in [0.29, 0.717) is 19.6 Å². The molecule has 0 bridgehead atoms. The first-order valence-electron chi connectivity index (χ1n) is 5.31. The van der Waals surface area contributed by atoms with Gasteiger partial charge in [0, 0.05) is 0 Å². The number of benzene rings is 1. The molecule has 1 atom stereocenters. The zero-order valence-corrected chi connectivity index (χ0v) is 11.0. The van der Waals surface area contributed by atoms with Crippen molar-refractivity contribution in [2.24, 2.45) is 0 Å². The number of ether oxygens (including phenoxy) is 3. The third-order valence-electron chi connectivity index (χ3n) is 2.48. The molecular formula is C12H13BrO4. The van der Waals surface area contributed by atoms with Crippen molar-refractivity contribution >= 4 is 21.9 Å². The molecule has 2 rings (SSSR count). The van der Waals surface area contributed by atoms with Gasteiger partial charge in [0.25, 0.3) is 0 Å². The van der Waals surface area contributed by atoms with E-state index in [-0.39, 0.29) is 10.8 Å². The van der Waals surface area contributed by atoms with E-state index in [2.05, 4.69) is 20.7 Å². The average molecular weight is 301 g/mol. The van der Waals surface area contributed by atoms with Crippen LogP contribution in [0.1, 0.15) is 5.56 Å². The summed E-state index contributed by atoms with van der Waals surface area (Å²) >= 11 is 3.29. The molecule has 0 aliphatic carbocycles. The smallest absolute Gasteiger partial charge is 0.319 e. The van der Waals surface area contributed by atoms with Gasteiger partial charge in [0.05, 0.1) is 7.11 Å². The molecule has 1 aromatic rings. The molecule has 17 heavy (non-hydrogen) atoms. The lowest BCUT2D eigenvalue weighted by atomic mass is 10.1. The number of halogens is 1. The Kier molecular flexibility index (Phi) is 3.89. The van der Waals surface area contributed by atoms with Crippen LogP contribution >= 0.6 is 15.9 Å². The van der Waals surface area contributed by atoms with Gasteiger partial charge in [-0.1, -0.05) is 22.0 Å². The monoisotopic (exact) mass is 300 g/mol. The van der Waals surface area contributed by atoms with E-state index in [1.165, 1.54) is 7.11 Å². The first kappa shape index (κ1) is 12.2. The second-order valence-corrected chi connectivity index (χ2v) is 4.78.